The summed E-state index contributed by atoms with van der Waals surface area (Å²) >= 11 is 0. The molecule has 154 valence electrons. The van der Waals surface area contributed by atoms with Crippen LogP contribution in [0, 0.1) is 11.8 Å². The quantitative estimate of drug-likeness (QED) is 0.377. The van der Waals surface area contributed by atoms with Gasteiger partial charge in [0.25, 0.3) is 0 Å². The topological polar surface area (TPSA) is 40.6 Å². The fourth-order valence-electron chi connectivity index (χ4n) is 3.38. The average Bonchev–Trinajstić information content (AvgIpc) is 2.65. The highest BCUT2D eigenvalue weighted by atomic mass is 16.2. The Labute approximate surface area is 162 Å². The maximum absolute atomic E-state index is 12.3. The molecule has 2 amide bonds. The lowest BCUT2D eigenvalue weighted by atomic mass is 9.98. The summed E-state index contributed by atoms with van der Waals surface area (Å²) in [5, 5.41) is 0. The summed E-state index contributed by atoms with van der Waals surface area (Å²) in [4.78, 5) is 28.3. The summed E-state index contributed by atoms with van der Waals surface area (Å²) in [6.45, 7) is 10.5. The van der Waals surface area contributed by atoms with Gasteiger partial charge >= 0.3 is 0 Å². The average molecular weight is 369 g/mol. The van der Waals surface area contributed by atoms with Crippen LogP contribution in [-0.4, -0.2) is 48.8 Å². The Morgan fingerprint density at radius 2 is 1.12 bits per heavy atom. The molecule has 0 bridgehead atoms. The van der Waals surface area contributed by atoms with Crippen molar-refractivity contribution in [3.63, 3.8) is 0 Å². The number of carbonyl (C=O) groups is 2. The number of rotatable bonds is 15. The number of amides is 2. The zero-order valence-corrected chi connectivity index (χ0v) is 18.4. The van der Waals surface area contributed by atoms with Crippen molar-refractivity contribution in [3.05, 3.63) is 0 Å². The second kappa shape index (κ2) is 15.0. The maximum atomic E-state index is 12.3. The fourth-order valence-corrected chi connectivity index (χ4v) is 3.38. The normalized spacial score (nSPS) is 12.3. The first-order valence-electron chi connectivity index (χ1n) is 10.9. The molecule has 26 heavy (non-hydrogen) atoms. The minimum Gasteiger partial charge on any atom is -0.345 e. The third kappa shape index (κ3) is 10.8. The first-order valence-corrected chi connectivity index (χ1v) is 10.9. The molecule has 4 heteroatoms. The van der Waals surface area contributed by atoms with Gasteiger partial charge in [0.15, 0.2) is 0 Å². The van der Waals surface area contributed by atoms with Crippen LogP contribution < -0.4 is 0 Å². The molecule has 0 heterocycles. The molecule has 0 saturated carbocycles. The van der Waals surface area contributed by atoms with E-state index in [1.54, 1.807) is 0 Å². The highest BCUT2D eigenvalue weighted by Gasteiger charge is 2.15. The van der Waals surface area contributed by atoms with E-state index in [-0.39, 0.29) is 11.8 Å². The van der Waals surface area contributed by atoms with Gasteiger partial charge in [0.05, 0.1) is 0 Å². The largest absolute Gasteiger partial charge is 0.345 e. The standard InChI is InChI=1S/C22H44N2O2/c1-7-11-14-20(10-4)18-24(6)22(26)16-13-12-15-21(25)23(5)17-19(8-2)9-3/h19-20H,7-18H2,1-6H3. The van der Waals surface area contributed by atoms with Gasteiger partial charge in [-0.25, -0.2) is 0 Å². The third-order valence-corrected chi connectivity index (χ3v) is 5.64. The van der Waals surface area contributed by atoms with E-state index in [1.807, 2.05) is 23.9 Å². The van der Waals surface area contributed by atoms with Crippen molar-refractivity contribution in [1.29, 1.82) is 0 Å². The van der Waals surface area contributed by atoms with E-state index >= 15 is 0 Å². The number of nitrogens with zero attached hydrogens (tertiary/aromatic N) is 2. The minimum atomic E-state index is 0.211. The zero-order valence-electron chi connectivity index (χ0n) is 18.4. The van der Waals surface area contributed by atoms with Crippen molar-refractivity contribution < 1.29 is 9.59 Å². The van der Waals surface area contributed by atoms with Crippen LogP contribution in [0.4, 0.5) is 0 Å². The van der Waals surface area contributed by atoms with Crippen molar-refractivity contribution in [2.24, 2.45) is 11.8 Å². The molecule has 0 aliphatic heterocycles. The van der Waals surface area contributed by atoms with Crippen LogP contribution in [0.5, 0.6) is 0 Å². The van der Waals surface area contributed by atoms with Crippen molar-refractivity contribution in [1.82, 2.24) is 9.80 Å². The van der Waals surface area contributed by atoms with Gasteiger partial charge in [-0.05, 0) is 31.1 Å². The monoisotopic (exact) mass is 368 g/mol. The molecule has 0 spiro atoms. The van der Waals surface area contributed by atoms with E-state index in [1.165, 1.54) is 19.3 Å². The molecule has 0 saturated heterocycles. The summed E-state index contributed by atoms with van der Waals surface area (Å²) in [7, 11) is 3.83. The van der Waals surface area contributed by atoms with E-state index in [4.69, 9.17) is 0 Å². The molecule has 1 atom stereocenters. The molecule has 0 aliphatic rings. The van der Waals surface area contributed by atoms with Crippen LogP contribution in [0.1, 0.15) is 91.9 Å². The lowest BCUT2D eigenvalue weighted by molar-refractivity contribution is -0.132. The van der Waals surface area contributed by atoms with E-state index < -0.39 is 0 Å². The summed E-state index contributed by atoms with van der Waals surface area (Å²) < 4.78 is 0. The lowest BCUT2D eigenvalue weighted by Crippen LogP contribution is -2.32. The molecule has 0 aromatic carbocycles. The first-order chi connectivity index (χ1) is 12.4. The van der Waals surface area contributed by atoms with E-state index in [0.29, 0.717) is 24.7 Å². The minimum absolute atomic E-state index is 0.211. The van der Waals surface area contributed by atoms with Crippen molar-refractivity contribution >= 4 is 11.8 Å². The Hall–Kier alpha value is -1.06. The van der Waals surface area contributed by atoms with E-state index in [0.717, 1.165) is 45.2 Å². The summed E-state index contributed by atoms with van der Waals surface area (Å²) in [5.74, 6) is 1.64. The van der Waals surface area contributed by atoms with Crippen LogP contribution in [0.3, 0.4) is 0 Å². The molecule has 0 radical (unpaired) electrons. The molecule has 0 N–H and O–H groups in total. The molecule has 4 nitrogen and oxygen atoms in total. The van der Waals surface area contributed by atoms with Gasteiger partial charge < -0.3 is 9.80 Å². The molecular weight excluding hydrogens is 324 g/mol. The van der Waals surface area contributed by atoms with Crippen molar-refractivity contribution in [3.8, 4) is 0 Å². The lowest BCUT2D eigenvalue weighted by Gasteiger charge is -2.24. The SMILES string of the molecule is CCCCC(CC)CN(C)C(=O)CCCCC(=O)N(C)CC(CC)CC. The Kier molecular flexibility index (Phi) is 14.4. The predicted molar refractivity (Wildman–Crippen MR) is 111 cm³/mol. The van der Waals surface area contributed by atoms with Crippen LogP contribution >= 0.6 is 0 Å². The van der Waals surface area contributed by atoms with Crippen LogP contribution in [0.25, 0.3) is 0 Å². The van der Waals surface area contributed by atoms with Gasteiger partial charge in [-0.15, -0.1) is 0 Å². The van der Waals surface area contributed by atoms with Gasteiger partial charge in [0.1, 0.15) is 0 Å². The summed E-state index contributed by atoms with van der Waals surface area (Å²) in [6.07, 6.45) is 9.76. The van der Waals surface area contributed by atoms with Gasteiger partial charge in [0.2, 0.25) is 11.8 Å². The highest BCUT2D eigenvalue weighted by Crippen LogP contribution is 2.15. The molecule has 0 aromatic heterocycles. The number of unbranched alkanes of at least 4 members (excludes halogenated alkanes) is 2. The highest BCUT2D eigenvalue weighted by molar-refractivity contribution is 5.77. The Morgan fingerprint density at radius 1 is 0.692 bits per heavy atom. The Balaban J connectivity index is 4.04. The molecule has 0 rings (SSSR count). The number of hydrogen-bond donors (Lipinski definition) is 0. The molecule has 0 aromatic rings. The molecule has 1 unspecified atom stereocenters. The third-order valence-electron chi connectivity index (χ3n) is 5.64. The van der Waals surface area contributed by atoms with E-state index in [2.05, 4.69) is 27.7 Å². The summed E-state index contributed by atoms with van der Waals surface area (Å²) in [6, 6.07) is 0. The van der Waals surface area contributed by atoms with Crippen LogP contribution in [0.2, 0.25) is 0 Å². The van der Waals surface area contributed by atoms with Crippen LogP contribution in [-0.2, 0) is 9.59 Å². The van der Waals surface area contributed by atoms with Crippen molar-refractivity contribution in [2.45, 2.75) is 91.9 Å². The van der Waals surface area contributed by atoms with Gasteiger partial charge in [-0.1, -0.05) is 59.8 Å². The zero-order chi connectivity index (χ0) is 19.9. The van der Waals surface area contributed by atoms with E-state index in [9.17, 15) is 9.59 Å². The molecule has 0 fully saturated rings. The number of hydrogen-bond acceptors (Lipinski definition) is 2. The number of carbonyl (C=O) groups excluding carboxylic acids is 2. The molecular formula is C22H44N2O2. The Bertz CT molecular complexity index is 380. The van der Waals surface area contributed by atoms with Gasteiger partial charge in [-0.2, -0.15) is 0 Å². The fraction of sp³-hybridized carbons (Fsp3) is 0.909. The predicted octanol–water partition coefficient (Wildman–Crippen LogP) is 5.12. The second-order valence-electron chi connectivity index (χ2n) is 7.85. The first kappa shape index (κ1) is 24.9. The van der Waals surface area contributed by atoms with Crippen molar-refractivity contribution in [2.75, 3.05) is 27.2 Å². The smallest absolute Gasteiger partial charge is 0.222 e. The van der Waals surface area contributed by atoms with Crippen LogP contribution in [0.15, 0.2) is 0 Å². The maximum Gasteiger partial charge on any atom is 0.222 e. The van der Waals surface area contributed by atoms with Gasteiger partial charge in [0, 0.05) is 40.0 Å². The summed E-state index contributed by atoms with van der Waals surface area (Å²) in [5.41, 5.74) is 0. The van der Waals surface area contributed by atoms with Gasteiger partial charge in [-0.3, -0.25) is 9.59 Å². The molecule has 0 aliphatic carbocycles. The Morgan fingerprint density at radius 3 is 1.50 bits per heavy atom. The second-order valence-corrected chi connectivity index (χ2v) is 7.85.